The summed E-state index contributed by atoms with van der Waals surface area (Å²) >= 11 is 0. The van der Waals surface area contributed by atoms with E-state index in [0.29, 0.717) is 24.5 Å². The summed E-state index contributed by atoms with van der Waals surface area (Å²) in [4.78, 5) is 24.0. The van der Waals surface area contributed by atoms with E-state index >= 15 is 0 Å². The van der Waals surface area contributed by atoms with E-state index in [-0.39, 0.29) is 12.5 Å². The van der Waals surface area contributed by atoms with Crippen molar-refractivity contribution in [2.24, 2.45) is 0 Å². The summed E-state index contributed by atoms with van der Waals surface area (Å²) in [5.74, 6) is 0.596. The highest BCUT2D eigenvalue weighted by Gasteiger charge is 2.12. The predicted octanol–water partition coefficient (Wildman–Crippen LogP) is 4.39. The van der Waals surface area contributed by atoms with Crippen LogP contribution in [0.25, 0.3) is 10.9 Å². The first-order valence-corrected chi connectivity index (χ1v) is 10.3. The fraction of sp³-hybridized carbons (Fsp3) is 0.154. The molecule has 0 aliphatic heterocycles. The largest absolute Gasteiger partial charge is 0.489 e. The summed E-state index contributed by atoms with van der Waals surface area (Å²) in [5.41, 5.74) is 3.62. The van der Waals surface area contributed by atoms with Gasteiger partial charge in [0.25, 0.3) is 0 Å². The standard InChI is InChI=1S/C26H24N2O3/c29-18-22-16-28(17-26(30)27-14-13-20-7-3-1-4-8-20)25-12-11-23(15-24(22)25)31-19-21-9-5-2-6-10-21/h1-12,15-16,18H,13-14,17,19H2,(H,27,30). The number of nitrogens with one attached hydrogen (secondary N) is 1. The van der Waals surface area contributed by atoms with Gasteiger partial charge in [0.1, 0.15) is 18.9 Å². The molecule has 1 heterocycles. The zero-order valence-corrected chi connectivity index (χ0v) is 17.2. The second-order valence-electron chi connectivity index (χ2n) is 7.37. The van der Waals surface area contributed by atoms with Crippen LogP contribution in [0.2, 0.25) is 0 Å². The average molecular weight is 412 g/mol. The number of amides is 1. The average Bonchev–Trinajstić information content (AvgIpc) is 3.15. The molecule has 5 nitrogen and oxygen atoms in total. The van der Waals surface area contributed by atoms with Crippen molar-refractivity contribution in [1.82, 2.24) is 9.88 Å². The molecule has 0 fully saturated rings. The Bertz CT molecular complexity index is 1170. The minimum atomic E-state index is -0.0883. The number of ether oxygens (including phenoxy) is 1. The van der Waals surface area contributed by atoms with E-state index in [2.05, 4.69) is 5.32 Å². The first-order chi connectivity index (χ1) is 15.2. The number of benzene rings is 3. The molecule has 0 unspecified atom stereocenters. The molecule has 0 saturated heterocycles. The Balaban J connectivity index is 1.41. The highest BCUT2D eigenvalue weighted by molar-refractivity contribution is 5.98. The maximum atomic E-state index is 12.4. The lowest BCUT2D eigenvalue weighted by Gasteiger charge is -2.09. The van der Waals surface area contributed by atoms with E-state index in [9.17, 15) is 9.59 Å². The van der Waals surface area contributed by atoms with E-state index in [1.807, 2.05) is 78.9 Å². The first-order valence-electron chi connectivity index (χ1n) is 10.3. The minimum Gasteiger partial charge on any atom is -0.489 e. The lowest BCUT2D eigenvalue weighted by atomic mass is 10.1. The summed E-state index contributed by atoms with van der Waals surface area (Å²) in [5, 5.41) is 3.72. The number of carbonyl (C=O) groups excluding carboxylic acids is 2. The van der Waals surface area contributed by atoms with Gasteiger partial charge in [0.05, 0.1) is 0 Å². The minimum absolute atomic E-state index is 0.0883. The van der Waals surface area contributed by atoms with E-state index in [1.54, 1.807) is 10.8 Å². The van der Waals surface area contributed by atoms with Gasteiger partial charge in [0.15, 0.2) is 6.29 Å². The summed E-state index contributed by atoms with van der Waals surface area (Å²) < 4.78 is 7.68. The van der Waals surface area contributed by atoms with Crippen LogP contribution in [-0.4, -0.2) is 23.3 Å². The van der Waals surface area contributed by atoms with Crippen LogP contribution < -0.4 is 10.1 Å². The van der Waals surface area contributed by atoms with Crippen molar-refractivity contribution in [2.75, 3.05) is 6.54 Å². The summed E-state index contributed by atoms with van der Waals surface area (Å²) in [6.07, 6.45) is 3.31. The fourth-order valence-corrected chi connectivity index (χ4v) is 3.56. The molecular weight excluding hydrogens is 388 g/mol. The Morgan fingerprint density at radius 1 is 0.935 bits per heavy atom. The lowest BCUT2D eigenvalue weighted by Crippen LogP contribution is -2.29. The van der Waals surface area contributed by atoms with Crippen molar-refractivity contribution in [3.63, 3.8) is 0 Å². The van der Waals surface area contributed by atoms with E-state index in [1.165, 1.54) is 5.56 Å². The zero-order chi connectivity index (χ0) is 21.5. The molecular formula is C26H24N2O3. The number of nitrogens with zero attached hydrogens (tertiary/aromatic N) is 1. The van der Waals surface area contributed by atoms with Crippen LogP contribution in [0.15, 0.2) is 85.1 Å². The van der Waals surface area contributed by atoms with Crippen LogP contribution in [-0.2, 0) is 24.4 Å². The maximum Gasteiger partial charge on any atom is 0.239 e. The quantitative estimate of drug-likeness (QED) is 0.415. The molecule has 156 valence electrons. The molecule has 4 aromatic rings. The van der Waals surface area contributed by atoms with Gasteiger partial charge in [-0.25, -0.2) is 0 Å². The van der Waals surface area contributed by atoms with E-state index in [0.717, 1.165) is 29.2 Å². The lowest BCUT2D eigenvalue weighted by molar-refractivity contribution is -0.121. The molecule has 0 aliphatic rings. The highest BCUT2D eigenvalue weighted by atomic mass is 16.5. The van der Waals surface area contributed by atoms with Gasteiger partial charge in [-0.1, -0.05) is 60.7 Å². The molecule has 1 amide bonds. The van der Waals surface area contributed by atoms with E-state index < -0.39 is 0 Å². The third kappa shape index (κ3) is 5.20. The second kappa shape index (κ2) is 9.76. The summed E-state index contributed by atoms with van der Waals surface area (Å²) in [7, 11) is 0. The Hall–Kier alpha value is -3.86. The molecule has 0 aliphatic carbocycles. The molecule has 0 radical (unpaired) electrons. The van der Waals surface area contributed by atoms with Crippen molar-refractivity contribution in [3.8, 4) is 5.75 Å². The monoisotopic (exact) mass is 412 g/mol. The Kier molecular flexibility index (Phi) is 6.43. The van der Waals surface area contributed by atoms with Gasteiger partial charge in [0.2, 0.25) is 5.91 Å². The molecule has 0 spiro atoms. The van der Waals surface area contributed by atoms with Crippen molar-refractivity contribution >= 4 is 23.1 Å². The van der Waals surface area contributed by atoms with Crippen LogP contribution in [0.3, 0.4) is 0 Å². The highest BCUT2D eigenvalue weighted by Crippen LogP contribution is 2.26. The van der Waals surface area contributed by atoms with Crippen molar-refractivity contribution in [2.45, 2.75) is 19.6 Å². The Morgan fingerprint density at radius 3 is 2.35 bits per heavy atom. The molecule has 31 heavy (non-hydrogen) atoms. The first kappa shape index (κ1) is 20.4. The number of aromatic nitrogens is 1. The van der Waals surface area contributed by atoms with Gasteiger partial charge >= 0.3 is 0 Å². The number of carbonyl (C=O) groups is 2. The Labute approximate surface area is 181 Å². The third-order valence-corrected chi connectivity index (χ3v) is 5.15. The van der Waals surface area contributed by atoms with Crippen molar-refractivity contribution < 1.29 is 14.3 Å². The molecule has 4 rings (SSSR count). The molecule has 0 atom stereocenters. The van der Waals surface area contributed by atoms with Crippen LogP contribution in [0.1, 0.15) is 21.5 Å². The molecule has 1 aromatic heterocycles. The van der Waals surface area contributed by atoms with Crippen LogP contribution >= 0.6 is 0 Å². The molecule has 3 aromatic carbocycles. The van der Waals surface area contributed by atoms with Crippen LogP contribution in [0, 0.1) is 0 Å². The summed E-state index contributed by atoms with van der Waals surface area (Å²) in [6.45, 7) is 1.18. The second-order valence-corrected chi connectivity index (χ2v) is 7.37. The third-order valence-electron chi connectivity index (χ3n) is 5.15. The normalized spacial score (nSPS) is 10.7. The van der Waals surface area contributed by atoms with Gasteiger partial charge < -0.3 is 14.6 Å². The molecule has 0 bridgehead atoms. The molecule has 0 saturated carbocycles. The van der Waals surface area contributed by atoms with Gasteiger partial charge in [-0.05, 0) is 35.7 Å². The molecule has 5 heteroatoms. The van der Waals surface area contributed by atoms with Gasteiger partial charge in [-0.15, -0.1) is 0 Å². The van der Waals surface area contributed by atoms with Crippen LogP contribution in [0.4, 0.5) is 0 Å². The summed E-state index contributed by atoms with van der Waals surface area (Å²) in [6, 6.07) is 25.5. The topological polar surface area (TPSA) is 60.3 Å². The zero-order valence-electron chi connectivity index (χ0n) is 17.2. The number of fused-ring (bicyclic) bond motifs is 1. The van der Waals surface area contributed by atoms with Crippen LogP contribution in [0.5, 0.6) is 5.75 Å². The fourth-order valence-electron chi connectivity index (χ4n) is 3.56. The van der Waals surface area contributed by atoms with Gasteiger partial charge in [0, 0.05) is 29.2 Å². The van der Waals surface area contributed by atoms with Gasteiger partial charge in [-0.3, -0.25) is 9.59 Å². The SMILES string of the molecule is O=Cc1cn(CC(=O)NCCc2ccccc2)c2ccc(OCc3ccccc3)cc12. The number of hydrogen-bond donors (Lipinski definition) is 1. The van der Waals surface area contributed by atoms with E-state index in [4.69, 9.17) is 4.74 Å². The smallest absolute Gasteiger partial charge is 0.239 e. The van der Waals surface area contributed by atoms with Crippen molar-refractivity contribution in [1.29, 1.82) is 0 Å². The van der Waals surface area contributed by atoms with Crippen molar-refractivity contribution in [3.05, 3.63) is 102 Å². The Morgan fingerprint density at radius 2 is 1.65 bits per heavy atom. The number of aldehydes is 1. The molecule has 1 N–H and O–H groups in total. The predicted molar refractivity (Wildman–Crippen MR) is 121 cm³/mol. The number of rotatable bonds is 9. The van der Waals surface area contributed by atoms with Gasteiger partial charge in [-0.2, -0.15) is 0 Å². The maximum absolute atomic E-state index is 12.4. The number of hydrogen-bond acceptors (Lipinski definition) is 3.